The summed E-state index contributed by atoms with van der Waals surface area (Å²) in [6, 6.07) is 1.07. The Morgan fingerprint density at radius 2 is 1.81 bits per heavy atom. The number of hydrogen-bond acceptors (Lipinski definition) is 8. The number of aromatic nitrogens is 2. The van der Waals surface area contributed by atoms with Gasteiger partial charge < -0.3 is 34.2 Å². The average Bonchev–Trinajstić information content (AvgIpc) is 2.80. The van der Waals surface area contributed by atoms with Crippen LogP contribution >= 0.6 is 15.2 Å². The van der Waals surface area contributed by atoms with Crippen LogP contribution in [0.3, 0.4) is 0 Å². The van der Waals surface area contributed by atoms with Crippen molar-refractivity contribution >= 4 is 15.2 Å². The first-order valence-corrected chi connectivity index (χ1v) is 11.3. The third kappa shape index (κ3) is 5.23. The van der Waals surface area contributed by atoms with Crippen LogP contribution in [-0.4, -0.2) is 64.8 Å². The van der Waals surface area contributed by atoms with Gasteiger partial charge in [-0.1, -0.05) is 0 Å². The number of aliphatic hydroxyl groups is 2. The SMILES string of the molecule is CCn1c(=O)ccn([C@@H]2O[C@H](COP(=O)(O)CP(=O)(O)O)[C@H](O)C2O)c1=O. The van der Waals surface area contributed by atoms with Crippen molar-refractivity contribution < 1.29 is 43.3 Å². The molecule has 2 rings (SSSR count). The van der Waals surface area contributed by atoms with E-state index < -0.39 is 63.5 Å². The van der Waals surface area contributed by atoms with Crippen molar-refractivity contribution in [3.8, 4) is 0 Å². The molecule has 5 atom stereocenters. The molecule has 1 aliphatic heterocycles. The molecule has 154 valence electrons. The highest BCUT2D eigenvalue weighted by molar-refractivity contribution is 7.70. The summed E-state index contributed by atoms with van der Waals surface area (Å²) in [6.45, 7) is 0.849. The van der Waals surface area contributed by atoms with Gasteiger partial charge in [-0.3, -0.25) is 23.1 Å². The zero-order valence-corrected chi connectivity index (χ0v) is 15.8. The van der Waals surface area contributed by atoms with Crippen LogP contribution in [0.4, 0.5) is 0 Å². The molecule has 1 aliphatic rings. The Morgan fingerprint density at radius 3 is 2.37 bits per heavy atom. The molecule has 0 amide bonds. The average molecular weight is 430 g/mol. The van der Waals surface area contributed by atoms with Gasteiger partial charge in [0.2, 0.25) is 0 Å². The van der Waals surface area contributed by atoms with Gasteiger partial charge in [0.1, 0.15) is 18.3 Å². The molecule has 27 heavy (non-hydrogen) atoms. The van der Waals surface area contributed by atoms with Crippen molar-refractivity contribution in [2.24, 2.45) is 0 Å². The molecule has 0 bridgehead atoms. The van der Waals surface area contributed by atoms with Crippen molar-refractivity contribution in [2.75, 3.05) is 12.5 Å². The summed E-state index contributed by atoms with van der Waals surface area (Å²) in [5.41, 5.74) is -1.36. The molecule has 0 radical (unpaired) electrons. The second-order valence-corrected chi connectivity index (χ2v) is 9.87. The maximum atomic E-state index is 12.3. The van der Waals surface area contributed by atoms with Crippen molar-refractivity contribution in [3.05, 3.63) is 33.1 Å². The number of nitrogens with zero attached hydrogens (tertiary/aromatic N) is 2. The maximum absolute atomic E-state index is 12.3. The van der Waals surface area contributed by atoms with E-state index in [2.05, 4.69) is 4.52 Å². The first-order valence-electron chi connectivity index (χ1n) is 7.71. The van der Waals surface area contributed by atoms with Gasteiger partial charge >= 0.3 is 20.9 Å². The Kier molecular flexibility index (Phi) is 6.63. The molecular formula is C12H20N2O11P2. The molecule has 2 heterocycles. The van der Waals surface area contributed by atoms with Crippen LogP contribution < -0.4 is 11.2 Å². The van der Waals surface area contributed by atoms with E-state index in [0.29, 0.717) is 0 Å². The molecular weight excluding hydrogens is 410 g/mol. The Balaban J connectivity index is 2.17. The van der Waals surface area contributed by atoms with Gasteiger partial charge in [-0.05, 0) is 6.92 Å². The fourth-order valence-electron chi connectivity index (χ4n) is 2.58. The van der Waals surface area contributed by atoms with Gasteiger partial charge in [0, 0.05) is 18.8 Å². The van der Waals surface area contributed by atoms with E-state index in [1.807, 2.05) is 0 Å². The molecule has 1 fully saturated rings. The highest BCUT2D eigenvalue weighted by Gasteiger charge is 2.45. The lowest BCUT2D eigenvalue weighted by Crippen LogP contribution is -2.42. The second kappa shape index (κ2) is 8.08. The molecule has 0 spiro atoms. The lowest BCUT2D eigenvalue weighted by Gasteiger charge is -2.19. The number of ether oxygens (including phenoxy) is 1. The highest BCUT2D eigenvalue weighted by Crippen LogP contribution is 2.55. The van der Waals surface area contributed by atoms with E-state index in [-0.39, 0.29) is 6.54 Å². The van der Waals surface area contributed by atoms with Crippen molar-refractivity contribution in [1.82, 2.24) is 9.13 Å². The molecule has 2 unspecified atom stereocenters. The summed E-state index contributed by atoms with van der Waals surface area (Å²) in [6.07, 6.45) is -4.95. The normalized spacial score (nSPS) is 28.2. The van der Waals surface area contributed by atoms with Crippen LogP contribution in [0.25, 0.3) is 0 Å². The summed E-state index contributed by atoms with van der Waals surface area (Å²) in [5.74, 6) is -1.42. The summed E-state index contributed by atoms with van der Waals surface area (Å²) < 4.78 is 34.1. The summed E-state index contributed by atoms with van der Waals surface area (Å²) >= 11 is 0. The lowest BCUT2D eigenvalue weighted by molar-refractivity contribution is -0.0530. The van der Waals surface area contributed by atoms with Gasteiger partial charge in [-0.25, -0.2) is 4.79 Å². The van der Waals surface area contributed by atoms with Gasteiger partial charge in [0.15, 0.2) is 12.1 Å². The predicted molar refractivity (Wildman–Crippen MR) is 89.2 cm³/mol. The fraction of sp³-hybridized carbons (Fsp3) is 0.667. The van der Waals surface area contributed by atoms with Crippen LogP contribution in [0.1, 0.15) is 13.2 Å². The van der Waals surface area contributed by atoms with Crippen LogP contribution in [0.2, 0.25) is 0 Å². The zero-order valence-electron chi connectivity index (χ0n) is 14.1. The van der Waals surface area contributed by atoms with Gasteiger partial charge in [0.25, 0.3) is 5.56 Å². The highest BCUT2D eigenvalue weighted by atomic mass is 31.2. The van der Waals surface area contributed by atoms with Gasteiger partial charge in [0.05, 0.1) is 6.61 Å². The molecule has 1 aromatic rings. The Bertz CT molecular complexity index is 890. The summed E-state index contributed by atoms with van der Waals surface area (Å²) in [7, 11) is -9.51. The van der Waals surface area contributed by atoms with Crippen LogP contribution in [-0.2, 0) is 24.9 Å². The van der Waals surface area contributed by atoms with Gasteiger partial charge in [-0.2, -0.15) is 0 Å². The molecule has 15 heteroatoms. The van der Waals surface area contributed by atoms with E-state index in [9.17, 15) is 33.8 Å². The lowest BCUT2D eigenvalue weighted by atomic mass is 10.1. The largest absolute Gasteiger partial charge is 0.387 e. The van der Waals surface area contributed by atoms with Crippen molar-refractivity contribution in [3.63, 3.8) is 0 Å². The van der Waals surface area contributed by atoms with Crippen LogP contribution in [0, 0.1) is 0 Å². The van der Waals surface area contributed by atoms with E-state index in [1.165, 1.54) is 0 Å². The second-order valence-electron chi connectivity index (χ2n) is 5.87. The van der Waals surface area contributed by atoms with Crippen molar-refractivity contribution in [2.45, 2.75) is 38.0 Å². The monoisotopic (exact) mass is 430 g/mol. The first kappa shape index (κ1) is 22.2. The van der Waals surface area contributed by atoms with E-state index in [1.54, 1.807) is 6.92 Å². The topological polar surface area (TPSA) is 198 Å². The number of aliphatic hydroxyl groups excluding tert-OH is 2. The molecule has 0 aromatic carbocycles. The van der Waals surface area contributed by atoms with Gasteiger partial charge in [-0.15, -0.1) is 0 Å². The fourth-order valence-corrected chi connectivity index (χ4v) is 5.15. The van der Waals surface area contributed by atoms with E-state index in [0.717, 1.165) is 21.4 Å². The van der Waals surface area contributed by atoms with E-state index in [4.69, 9.17) is 14.5 Å². The van der Waals surface area contributed by atoms with Crippen molar-refractivity contribution in [1.29, 1.82) is 0 Å². The summed E-state index contributed by atoms with van der Waals surface area (Å²) in [4.78, 5) is 50.8. The molecule has 5 N–H and O–H groups in total. The standard InChI is InChI=1S/C12H20N2O11P2/c1-2-13-8(15)3-4-14(12(13)18)11-10(17)9(16)7(25-11)5-24-27(22,23)6-26(19,20)21/h3-4,7,9-11,16-17H,2,5-6H2,1H3,(H,22,23)(H2,19,20,21)/t7-,9+,10?,11-/m1/s1. The quantitative estimate of drug-likeness (QED) is 0.300. The zero-order chi connectivity index (χ0) is 20.6. The van der Waals surface area contributed by atoms with Crippen LogP contribution in [0.15, 0.2) is 21.9 Å². The Labute approximate surface area is 152 Å². The molecule has 13 nitrogen and oxygen atoms in total. The third-order valence-electron chi connectivity index (χ3n) is 3.83. The first-order chi connectivity index (χ1) is 12.4. The predicted octanol–water partition coefficient (Wildman–Crippen LogP) is -2.01. The molecule has 1 saturated heterocycles. The Morgan fingerprint density at radius 1 is 1.19 bits per heavy atom. The molecule has 0 aliphatic carbocycles. The maximum Gasteiger partial charge on any atom is 0.340 e. The Hall–Kier alpha value is -1.14. The summed E-state index contributed by atoms with van der Waals surface area (Å²) in [5, 5.41) is 20.1. The molecule has 1 aromatic heterocycles. The smallest absolute Gasteiger partial charge is 0.340 e. The van der Waals surface area contributed by atoms with E-state index >= 15 is 0 Å². The number of hydrogen-bond donors (Lipinski definition) is 5. The van der Waals surface area contributed by atoms with Crippen LogP contribution in [0.5, 0.6) is 0 Å². The minimum absolute atomic E-state index is 0.0620. The third-order valence-corrected chi connectivity index (χ3v) is 7.28. The molecule has 0 saturated carbocycles. The minimum atomic E-state index is -4.82. The minimum Gasteiger partial charge on any atom is -0.387 e. The number of rotatable bonds is 7.